The van der Waals surface area contributed by atoms with Crippen molar-refractivity contribution < 1.29 is 22.7 Å². The number of amides is 1. The number of esters is 1. The third-order valence-electron chi connectivity index (χ3n) is 5.12. The molecule has 9 heteroatoms. The Kier molecular flexibility index (Phi) is 5.71. The van der Waals surface area contributed by atoms with Crippen LogP contribution in [0, 0.1) is 0 Å². The van der Waals surface area contributed by atoms with Crippen LogP contribution in [0.2, 0.25) is 0 Å². The molecule has 2 saturated heterocycles. The fourth-order valence-electron chi connectivity index (χ4n) is 3.69. The largest absolute Gasteiger partial charge is 0.467 e. The van der Waals surface area contributed by atoms with Crippen molar-refractivity contribution in [2.45, 2.75) is 43.0 Å². The van der Waals surface area contributed by atoms with Crippen molar-refractivity contribution in [3.05, 3.63) is 23.8 Å². The van der Waals surface area contributed by atoms with E-state index in [0.717, 1.165) is 25.7 Å². The molecule has 0 aliphatic carbocycles. The van der Waals surface area contributed by atoms with Gasteiger partial charge < -0.3 is 15.4 Å². The lowest BCUT2D eigenvalue weighted by atomic mass is 10.0. The van der Waals surface area contributed by atoms with Crippen molar-refractivity contribution in [1.29, 1.82) is 0 Å². The van der Waals surface area contributed by atoms with E-state index in [1.807, 2.05) is 0 Å². The van der Waals surface area contributed by atoms with Gasteiger partial charge in [-0.25, -0.2) is 13.2 Å². The first-order valence-corrected chi connectivity index (χ1v) is 10.6. The van der Waals surface area contributed by atoms with Crippen molar-refractivity contribution in [1.82, 2.24) is 9.21 Å². The normalized spacial score (nSPS) is 21.2. The molecule has 2 N–H and O–H groups in total. The zero-order valence-electron chi connectivity index (χ0n) is 15.4. The molecule has 0 spiro atoms. The lowest BCUT2D eigenvalue weighted by molar-refractivity contribution is -0.147. The molecule has 0 radical (unpaired) electrons. The molecule has 1 atom stereocenters. The molecule has 3 rings (SSSR count). The molecular formula is C18H25N3O5S. The van der Waals surface area contributed by atoms with Crippen LogP contribution in [-0.2, 0) is 19.6 Å². The van der Waals surface area contributed by atoms with E-state index in [1.54, 1.807) is 0 Å². The maximum Gasteiger partial charge on any atom is 0.328 e. The van der Waals surface area contributed by atoms with Crippen molar-refractivity contribution in [2.75, 3.05) is 32.5 Å². The van der Waals surface area contributed by atoms with Crippen molar-refractivity contribution in [2.24, 2.45) is 0 Å². The highest BCUT2D eigenvalue weighted by atomic mass is 32.2. The third kappa shape index (κ3) is 3.93. The molecule has 1 amide bonds. The van der Waals surface area contributed by atoms with Crippen LogP contribution in [0.1, 0.15) is 42.5 Å². The molecule has 2 fully saturated rings. The van der Waals surface area contributed by atoms with Crippen LogP contribution >= 0.6 is 0 Å². The number of piperidine rings is 1. The molecule has 0 bridgehead atoms. The van der Waals surface area contributed by atoms with Crippen LogP contribution in [0.25, 0.3) is 0 Å². The van der Waals surface area contributed by atoms with E-state index in [-0.39, 0.29) is 16.1 Å². The van der Waals surface area contributed by atoms with E-state index >= 15 is 0 Å². The second kappa shape index (κ2) is 7.85. The number of likely N-dealkylation sites (tertiary alicyclic amines) is 1. The van der Waals surface area contributed by atoms with Crippen LogP contribution in [0.15, 0.2) is 23.1 Å². The molecule has 1 aromatic carbocycles. The highest BCUT2D eigenvalue weighted by molar-refractivity contribution is 7.89. The number of nitrogen functional groups attached to an aromatic ring is 1. The summed E-state index contributed by atoms with van der Waals surface area (Å²) in [5.41, 5.74) is 6.27. The molecule has 1 aromatic rings. The van der Waals surface area contributed by atoms with Gasteiger partial charge in [-0.15, -0.1) is 0 Å². The number of methoxy groups -OCH3 is 1. The van der Waals surface area contributed by atoms with E-state index < -0.39 is 27.9 Å². The number of benzene rings is 1. The first-order valence-electron chi connectivity index (χ1n) is 9.14. The number of sulfonamides is 1. The van der Waals surface area contributed by atoms with Crippen LogP contribution in [0.4, 0.5) is 5.69 Å². The molecule has 2 heterocycles. The molecule has 1 unspecified atom stereocenters. The molecule has 8 nitrogen and oxygen atoms in total. The number of carbonyl (C=O) groups excluding carboxylic acids is 2. The van der Waals surface area contributed by atoms with Crippen LogP contribution in [-0.4, -0.2) is 62.3 Å². The van der Waals surface area contributed by atoms with Gasteiger partial charge in [0, 0.05) is 30.9 Å². The molecular weight excluding hydrogens is 370 g/mol. The Labute approximate surface area is 159 Å². The van der Waals surface area contributed by atoms with E-state index in [9.17, 15) is 18.0 Å². The van der Waals surface area contributed by atoms with Crippen LogP contribution < -0.4 is 5.73 Å². The highest BCUT2D eigenvalue weighted by Crippen LogP contribution is 2.26. The minimum Gasteiger partial charge on any atom is -0.467 e. The Hall–Kier alpha value is -2.13. The van der Waals surface area contributed by atoms with E-state index in [4.69, 9.17) is 10.5 Å². The van der Waals surface area contributed by atoms with Crippen LogP contribution in [0.5, 0.6) is 0 Å². The minimum absolute atomic E-state index is 0.0133. The molecule has 2 aliphatic rings. The van der Waals surface area contributed by atoms with E-state index in [2.05, 4.69) is 0 Å². The molecule has 27 heavy (non-hydrogen) atoms. The lowest BCUT2D eigenvalue weighted by Gasteiger charge is -2.34. The van der Waals surface area contributed by atoms with Crippen molar-refractivity contribution in [3.8, 4) is 0 Å². The van der Waals surface area contributed by atoms with Gasteiger partial charge >= 0.3 is 5.97 Å². The Morgan fingerprint density at radius 2 is 1.74 bits per heavy atom. The first-order chi connectivity index (χ1) is 12.8. The number of hydrogen-bond acceptors (Lipinski definition) is 6. The Balaban J connectivity index is 1.93. The summed E-state index contributed by atoms with van der Waals surface area (Å²) < 4.78 is 31.9. The lowest BCUT2D eigenvalue weighted by Crippen LogP contribution is -2.48. The molecule has 2 aliphatic heterocycles. The number of ether oxygens (including phenoxy) is 1. The summed E-state index contributed by atoms with van der Waals surface area (Å²) in [5, 5.41) is 0. The number of carbonyl (C=O) groups is 2. The molecule has 148 valence electrons. The molecule has 0 saturated carbocycles. The topological polar surface area (TPSA) is 110 Å². The van der Waals surface area contributed by atoms with Gasteiger partial charge in [-0.3, -0.25) is 4.79 Å². The van der Waals surface area contributed by atoms with Gasteiger partial charge in [0.1, 0.15) is 6.04 Å². The number of nitrogens with zero attached hydrogens (tertiary/aromatic N) is 2. The summed E-state index contributed by atoms with van der Waals surface area (Å²) in [5.74, 6) is -0.868. The molecule has 0 aromatic heterocycles. The maximum absolute atomic E-state index is 13.0. The fraction of sp³-hybridized carbons (Fsp3) is 0.556. The predicted molar refractivity (Wildman–Crippen MR) is 99.5 cm³/mol. The number of rotatable bonds is 4. The van der Waals surface area contributed by atoms with Gasteiger partial charge in [-0.1, -0.05) is 0 Å². The van der Waals surface area contributed by atoms with Crippen LogP contribution in [0.3, 0.4) is 0 Å². The monoisotopic (exact) mass is 395 g/mol. The average molecular weight is 395 g/mol. The van der Waals surface area contributed by atoms with Gasteiger partial charge in [-0.05, 0) is 50.3 Å². The number of nitrogens with two attached hydrogens (primary N) is 1. The van der Waals surface area contributed by atoms with E-state index in [1.165, 1.54) is 34.5 Å². The smallest absolute Gasteiger partial charge is 0.328 e. The standard InChI is InChI=1S/C18H25N3O5S/c1-26-18(23)16-6-2-3-9-21(16)17(22)13-10-14(19)12-15(11-13)27(24,25)20-7-4-5-8-20/h10-12,16H,2-9,19H2,1H3. The number of anilines is 1. The summed E-state index contributed by atoms with van der Waals surface area (Å²) in [6.45, 7) is 1.36. The highest BCUT2D eigenvalue weighted by Gasteiger charge is 2.34. The zero-order chi connectivity index (χ0) is 19.6. The number of hydrogen-bond donors (Lipinski definition) is 1. The minimum atomic E-state index is -3.69. The zero-order valence-corrected chi connectivity index (χ0v) is 16.2. The van der Waals surface area contributed by atoms with Gasteiger partial charge in [0.25, 0.3) is 5.91 Å². The SMILES string of the molecule is COC(=O)C1CCCCN1C(=O)c1cc(N)cc(S(=O)(=O)N2CCCC2)c1. The van der Waals surface area contributed by atoms with Crippen molar-refractivity contribution >= 4 is 27.6 Å². The van der Waals surface area contributed by atoms with Crippen molar-refractivity contribution in [3.63, 3.8) is 0 Å². The summed E-state index contributed by atoms with van der Waals surface area (Å²) in [6, 6.07) is 3.53. The predicted octanol–water partition coefficient (Wildman–Crippen LogP) is 1.22. The van der Waals surface area contributed by atoms with E-state index in [0.29, 0.717) is 26.1 Å². The maximum atomic E-state index is 13.0. The van der Waals surface area contributed by atoms with Gasteiger partial charge in [-0.2, -0.15) is 4.31 Å². The Bertz CT molecular complexity index is 833. The quantitative estimate of drug-likeness (QED) is 0.606. The first kappa shape index (κ1) is 19.6. The van der Waals surface area contributed by atoms with Gasteiger partial charge in [0.05, 0.1) is 12.0 Å². The Morgan fingerprint density at radius 3 is 2.41 bits per heavy atom. The Morgan fingerprint density at radius 1 is 1.07 bits per heavy atom. The fourth-order valence-corrected chi connectivity index (χ4v) is 5.29. The summed E-state index contributed by atoms with van der Waals surface area (Å²) in [6.07, 6.45) is 3.78. The second-order valence-electron chi connectivity index (χ2n) is 6.94. The van der Waals surface area contributed by atoms with Gasteiger partial charge in [0.15, 0.2) is 0 Å². The van der Waals surface area contributed by atoms with Gasteiger partial charge in [0.2, 0.25) is 10.0 Å². The second-order valence-corrected chi connectivity index (χ2v) is 8.87. The summed E-state index contributed by atoms with van der Waals surface area (Å²) in [7, 11) is -2.40. The third-order valence-corrected chi connectivity index (χ3v) is 6.99. The summed E-state index contributed by atoms with van der Waals surface area (Å²) in [4.78, 5) is 26.5. The summed E-state index contributed by atoms with van der Waals surface area (Å²) >= 11 is 0. The average Bonchev–Trinajstić information content (AvgIpc) is 3.22.